The number of hydrogen-bond donors (Lipinski definition) is 2. The van der Waals surface area contributed by atoms with Gasteiger partial charge in [-0.05, 0) is 30.2 Å². The molecule has 1 heterocycles. The van der Waals surface area contributed by atoms with Gasteiger partial charge in [-0.2, -0.15) is 0 Å². The highest BCUT2D eigenvalue weighted by Gasteiger charge is 2.43. The summed E-state index contributed by atoms with van der Waals surface area (Å²) in [5.41, 5.74) is 1.01. The number of hydrogen-bond acceptors (Lipinski definition) is 4. The minimum Gasteiger partial charge on any atom is -0.508 e. The fourth-order valence-electron chi connectivity index (χ4n) is 2.98. The molecule has 1 atom stereocenters. The van der Waals surface area contributed by atoms with Gasteiger partial charge in [0.25, 0.3) is 11.8 Å². The largest absolute Gasteiger partial charge is 0.508 e. The van der Waals surface area contributed by atoms with Crippen LogP contribution >= 0.6 is 0 Å². The Morgan fingerprint density at radius 1 is 1.00 bits per heavy atom. The number of nitrogens with one attached hydrogen (secondary N) is 1. The first-order valence-electron chi connectivity index (χ1n) is 7.97. The zero-order chi connectivity index (χ0) is 18.1. The predicted octanol–water partition coefficient (Wildman–Crippen LogP) is 2.65. The highest BCUT2D eigenvalue weighted by atomic mass is 16.3. The lowest BCUT2D eigenvalue weighted by molar-refractivity contribution is -0.121. The third kappa shape index (κ3) is 2.98. The summed E-state index contributed by atoms with van der Waals surface area (Å²) in [7, 11) is 0. The molecule has 0 saturated carbocycles. The monoisotopic (exact) mass is 338 g/mol. The lowest BCUT2D eigenvalue weighted by Crippen LogP contribution is -2.50. The Bertz CT molecular complexity index is 825. The Labute approximate surface area is 145 Å². The standard InChI is InChI=1S/C19H18N2O4/c1-11(2)16(17(23)20-12-6-5-7-13(22)10-12)21-18(24)14-8-3-4-9-15(14)19(21)25/h3-11,16,22H,1-2H3,(H,20,23). The van der Waals surface area contributed by atoms with Crippen LogP contribution in [0.2, 0.25) is 0 Å². The van der Waals surface area contributed by atoms with Crippen molar-refractivity contribution in [2.75, 3.05) is 5.32 Å². The van der Waals surface area contributed by atoms with Crippen LogP contribution in [0.5, 0.6) is 5.75 Å². The lowest BCUT2D eigenvalue weighted by Gasteiger charge is -2.28. The Morgan fingerprint density at radius 2 is 1.60 bits per heavy atom. The number of rotatable bonds is 4. The molecule has 0 spiro atoms. The summed E-state index contributed by atoms with van der Waals surface area (Å²) in [6.07, 6.45) is 0. The molecule has 0 bridgehead atoms. The molecule has 0 fully saturated rings. The number of carbonyl (C=O) groups excluding carboxylic acids is 3. The summed E-state index contributed by atoms with van der Waals surface area (Å²) >= 11 is 0. The second-order valence-electron chi connectivity index (χ2n) is 6.25. The zero-order valence-electron chi connectivity index (χ0n) is 13.9. The van der Waals surface area contributed by atoms with Gasteiger partial charge in [0, 0.05) is 11.8 Å². The molecule has 128 valence electrons. The minimum absolute atomic E-state index is 0.0135. The molecule has 1 unspecified atom stereocenters. The van der Waals surface area contributed by atoms with Crippen molar-refractivity contribution in [2.45, 2.75) is 19.9 Å². The molecule has 0 aromatic heterocycles. The maximum atomic E-state index is 12.8. The van der Waals surface area contributed by atoms with Crippen molar-refractivity contribution in [1.29, 1.82) is 0 Å². The summed E-state index contributed by atoms with van der Waals surface area (Å²) in [6, 6.07) is 11.7. The Morgan fingerprint density at radius 3 is 2.12 bits per heavy atom. The molecule has 2 aromatic carbocycles. The number of phenolic OH excluding ortho intramolecular Hbond substituents is 1. The first-order valence-corrected chi connectivity index (χ1v) is 7.97. The van der Waals surface area contributed by atoms with E-state index >= 15 is 0 Å². The maximum Gasteiger partial charge on any atom is 0.262 e. The molecule has 6 heteroatoms. The molecule has 2 aromatic rings. The number of nitrogens with zero attached hydrogens (tertiary/aromatic N) is 1. The van der Waals surface area contributed by atoms with Crippen molar-refractivity contribution in [2.24, 2.45) is 5.92 Å². The molecule has 3 rings (SSSR count). The van der Waals surface area contributed by atoms with Gasteiger partial charge in [-0.15, -0.1) is 0 Å². The molecule has 2 N–H and O–H groups in total. The van der Waals surface area contributed by atoms with Gasteiger partial charge in [0.15, 0.2) is 0 Å². The normalized spacial score (nSPS) is 14.6. The number of aromatic hydroxyl groups is 1. The average Bonchev–Trinajstić information content (AvgIpc) is 2.80. The number of imide groups is 1. The Balaban J connectivity index is 1.91. The van der Waals surface area contributed by atoms with Gasteiger partial charge >= 0.3 is 0 Å². The van der Waals surface area contributed by atoms with E-state index in [0.29, 0.717) is 16.8 Å². The summed E-state index contributed by atoms with van der Waals surface area (Å²) in [5, 5.41) is 12.2. The number of carbonyl (C=O) groups is 3. The van der Waals surface area contributed by atoms with Crippen molar-refractivity contribution < 1.29 is 19.5 Å². The first-order chi connectivity index (χ1) is 11.9. The van der Waals surface area contributed by atoms with E-state index in [0.717, 1.165) is 4.90 Å². The van der Waals surface area contributed by atoms with Crippen molar-refractivity contribution in [3.8, 4) is 5.75 Å². The number of fused-ring (bicyclic) bond motifs is 1. The van der Waals surface area contributed by atoms with Crippen LogP contribution in [-0.4, -0.2) is 33.8 Å². The van der Waals surface area contributed by atoms with Crippen LogP contribution in [0.3, 0.4) is 0 Å². The van der Waals surface area contributed by atoms with Crippen LogP contribution < -0.4 is 5.32 Å². The van der Waals surface area contributed by atoms with Gasteiger partial charge in [-0.1, -0.05) is 32.0 Å². The summed E-state index contributed by atoms with van der Waals surface area (Å²) in [5.74, 6) is -1.68. The zero-order valence-corrected chi connectivity index (χ0v) is 13.9. The molecule has 3 amide bonds. The molecular formula is C19H18N2O4. The van der Waals surface area contributed by atoms with Gasteiger partial charge in [-0.3, -0.25) is 19.3 Å². The maximum absolute atomic E-state index is 12.8. The summed E-state index contributed by atoms with van der Waals surface area (Å²) in [4.78, 5) is 39.1. The third-order valence-corrected chi connectivity index (χ3v) is 4.12. The highest BCUT2D eigenvalue weighted by molar-refractivity contribution is 6.23. The van der Waals surface area contributed by atoms with Crippen LogP contribution in [0.15, 0.2) is 48.5 Å². The quantitative estimate of drug-likeness (QED) is 0.839. The van der Waals surface area contributed by atoms with Crippen molar-refractivity contribution in [3.05, 3.63) is 59.7 Å². The molecule has 0 aliphatic carbocycles. The van der Waals surface area contributed by atoms with Gasteiger partial charge in [-0.25, -0.2) is 0 Å². The fraction of sp³-hybridized carbons (Fsp3) is 0.211. The van der Waals surface area contributed by atoms with E-state index in [2.05, 4.69) is 5.32 Å². The SMILES string of the molecule is CC(C)C(C(=O)Nc1cccc(O)c1)N1C(=O)c2ccccc2C1=O. The number of amides is 3. The van der Waals surface area contributed by atoms with E-state index in [1.54, 1.807) is 50.2 Å². The van der Waals surface area contributed by atoms with Gasteiger partial charge in [0.1, 0.15) is 11.8 Å². The van der Waals surface area contributed by atoms with E-state index in [-0.39, 0.29) is 11.7 Å². The van der Waals surface area contributed by atoms with Crippen molar-refractivity contribution in [1.82, 2.24) is 4.90 Å². The average molecular weight is 338 g/mol. The molecule has 0 radical (unpaired) electrons. The summed E-state index contributed by atoms with van der Waals surface area (Å²) < 4.78 is 0. The predicted molar refractivity (Wildman–Crippen MR) is 92.3 cm³/mol. The van der Waals surface area contributed by atoms with Gasteiger partial charge in [0.2, 0.25) is 5.91 Å². The van der Waals surface area contributed by atoms with Crippen LogP contribution in [0.4, 0.5) is 5.69 Å². The minimum atomic E-state index is -0.949. The van der Waals surface area contributed by atoms with Crippen LogP contribution in [0.25, 0.3) is 0 Å². The van der Waals surface area contributed by atoms with E-state index in [9.17, 15) is 19.5 Å². The molecule has 0 saturated heterocycles. The van der Waals surface area contributed by atoms with E-state index in [1.807, 2.05) is 0 Å². The second kappa shape index (κ2) is 6.39. The number of benzene rings is 2. The fourth-order valence-corrected chi connectivity index (χ4v) is 2.98. The molecule has 25 heavy (non-hydrogen) atoms. The number of anilines is 1. The Hall–Kier alpha value is -3.15. The second-order valence-corrected chi connectivity index (χ2v) is 6.25. The number of phenols is 1. The molecule has 1 aliphatic heterocycles. The molecular weight excluding hydrogens is 320 g/mol. The smallest absolute Gasteiger partial charge is 0.262 e. The third-order valence-electron chi connectivity index (χ3n) is 4.12. The van der Waals surface area contributed by atoms with E-state index in [1.165, 1.54) is 12.1 Å². The van der Waals surface area contributed by atoms with Crippen LogP contribution in [0.1, 0.15) is 34.6 Å². The highest BCUT2D eigenvalue weighted by Crippen LogP contribution is 2.28. The van der Waals surface area contributed by atoms with Crippen molar-refractivity contribution in [3.63, 3.8) is 0 Å². The van der Waals surface area contributed by atoms with Crippen molar-refractivity contribution >= 4 is 23.4 Å². The lowest BCUT2D eigenvalue weighted by atomic mass is 10.0. The first kappa shape index (κ1) is 16.7. The summed E-state index contributed by atoms with van der Waals surface area (Å²) in [6.45, 7) is 3.55. The van der Waals surface area contributed by atoms with E-state index in [4.69, 9.17) is 0 Å². The van der Waals surface area contributed by atoms with Gasteiger partial charge < -0.3 is 10.4 Å². The van der Waals surface area contributed by atoms with Crippen LogP contribution in [-0.2, 0) is 4.79 Å². The van der Waals surface area contributed by atoms with Gasteiger partial charge in [0.05, 0.1) is 11.1 Å². The topological polar surface area (TPSA) is 86.7 Å². The Kier molecular flexibility index (Phi) is 4.27. The molecule has 6 nitrogen and oxygen atoms in total. The molecule has 1 aliphatic rings. The van der Waals surface area contributed by atoms with E-state index < -0.39 is 23.8 Å². The van der Waals surface area contributed by atoms with Crippen LogP contribution in [0, 0.1) is 5.92 Å².